The maximum absolute atomic E-state index is 13.0. The van der Waals surface area contributed by atoms with Gasteiger partial charge < -0.3 is 9.84 Å². The van der Waals surface area contributed by atoms with E-state index in [0.717, 1.165) is 12.0 Å². The Kier molecular flexibility index (Phi) is 4.31. The number of rotatable bonds is 5. The molecule has 3 heteroatoms. The highest BCUT2D eigenvalue weighted by atomic mass is 19.1. The molecule has 0 fully saturated rings. The Morgan fingerprint density at radius 1 is 1.47 bits per heavy atom. The average Bonchev–Trinajstić information content (AvgIpc) is 2.25. The number of benzene rings is 1. The van der Waals surface area contributed by atoms with E-state index in [-0.39, 0.29) is 6.61 Å². The van der Waals surface area contributed by atoms with Gasteiger partial charge in [-0.3, -0.25) is 0 Å². The lowest BCUT2D eigenvalue weighted by Crippen LogP contribution is -2.00. The Labute approximate surface area is 89.0 Å². The van der Waals surface area contributed by atoms with Gasteiger partial charge in [-0.15, -0.1) is 0 Å². The van der Waals surface area contributed by atoms with Crippen molar-refractivity contribution in [2.75, 3.05) is 6.61 Å². The highest BCUT2D eigenvalue weighted by Crippen LogP contribution is 2.17. The van der Waals surface area contributed by atoms with Gasteiger partial charge in [-0.1, -0.05) is 13.5 Å². The number of ether oxygens (including phenoxy) is 1. The quantitative estimate of drug-likeness (QED) is 0.757. The predicted octanol–water partition coefficient (Wildman–Crippen LogP) is 2.66. The lowest BCUT2D eigenvalue weighted by Gasteiger charge is -2.08. The van der Waals surface area contributed by atoms with Gasteiger partial charge in [-0.2, -0.15) is 0 Å². The number of aliphatic hydroxyl groups excluding tert-OH is 1. The summed E-state index contributed by atoms with van der Waals surface area (Å²) in [5.41, 5.74) is 1.46. The molecule has 0 aliphatic carbocycles. The van der Waals surface area contributed by atoms with Crippen LogP contribution in [0.3, 0.4) is 0 Å². The van der Waals surface area contributed by atoms with Crippen LogP contribution in [0.25, 0.3) is 0 Å². The fourth-order valence-electron chi connectivity index (χ4n) is 1.08. The van der Waals surface area contributed by atoms with Crippen LogP contribution in [0.1, 0.15) is 18.9 Å². The molecule has 82 valence electrons. The van der Waals surface area contributed by atoms with Crippen LogP contribution < -0.4 is 4.74 Å². The second-order valence-electron chi connectivity index (χ2n) is 3.35. The molecule has 1 N–H and O–H groups in total. The molecule has 0 radical (unpaired) electrons. The second-order valence-corrected chi connectivity index (χ2v) is 3.35. The highest BCUT2D eigenvalue weighted by molar-refractivity contribution is 5.29. The summed E-state index contributed by atoms with van der Waals surface area (Å²) >= 11 is 0. The SMILES string of the molecule is C=C(CC)COc1cc(F)cc(CO)c1. The zero-order valence-corrected chi connectivity index (χ0v) is 8.79. The van der Waals surface area contributed by atoms with Crippen molar-refractivity contribution in [3.8, 4) is 5.75 Å². The summed E-state index contributed by atoms with van der Waals surface area (Å²) < 4.78 is 18.3. The van der Waals surface area contributed by atoms with Crippen molar-refractivity contribution in [3.05, 3.63) is 41.7 Å². The summed E-state index contributed by atoms with van der Waals surface area (Å²) in [6.07, 6.45) is 0.835. The molecule has 0 aliphatic rings. The van der Waals surface area contributed by atoms with Crippen molar-refractivity contribution < 1.29 is 14.2 Å². The molecular weight excluding hydrogens is 195 g/mol. The molecule has 15 heavy (non-hydrogen) atoms. The maximum atomic E-state index is 13.0. The fraction of sp³-hybridized carbons (Fsp3) is 0.333. The molecule has 0 saturated heterocycles. The largest absolute Gasteiger partial charge is 0.489 e. The topological polar surface area (TPSA) is 29.5 Å². The highest BCUT2D eigenvalue weighted by Gasteiger charge is 2.01. The molecule has 0 spiro atoms. The molecule has 1 aromatic carbocycles. The van der Waals surface area contributed by atoms with Crippen LogP contribution in [0.5, 0.6) is 5.75 Å². The summed E-state index contributed by atoms with van der Waals surface area (Å²) in [5, 5.41) is 8.87. The molecule has 0 bridgehead atoms. The Morgan fingerprint density at radius 2 is 2.20 bits per heavy atom. The smallest absolute Gasteiger partial charge is 0.127 e. The molecule has 1 aromatic rings. The van der Waals surface area contributed by atoms with E-state index in [9.17, 15) is 4.39 Å². The van der Waals surface area contributed by atoms with E-state index in [1.807, 2.05) is 6.92 Å². The minimum absolute atomic E-state index is 0.192. The first-order chi connectivity index (χ1) is 7.15. The van der Waals surface area contributed by atoms with Gasteiger partial charge in [0.25, 0.3) is 0 Å². The molecule has 0 unspecified atom stereocenters. The first-order valence-electron chi connectivity index (χ1n) is 4.85. The van der Waals surface area contributed by atoms with Crippen molar-refractivity contribution in [1.82, 2.24) is 0 Å². The molecule has 0 saturated carbocycles. The van der Waals surface area contributed by atoms with Gasteiger partial charge in [-0.05, 0) is 29.7 Å². The van der Waals surface area contributed by atoms with Crippen LogP contribution in [0.2, 0.25) is 0 Å². The molecular formula is C12H15FO2. The van der Waals surface area contributed by atoms with Crippen LogP contribution >= 0.6 is 0 Å². The van der Waals surface area contributed by atoms with E-state index in [0.29, 0.717) is 17.9 Å². The van der Waals surface area contributed by atoms with Gasteiger partial charge >= 0.3 is 0 Å². The Hall–Kier alpha value is -1.35. The van der Waals surface area contributed by atoms with Crippen LogP contribution in [0.15, 0.2) is 30.4 Å². The molecule has 2 nitrogen and oxygen atoms in total. The summed E-state index contributed by atoms with van der Waals surface area (Å²) in [6.45, 7) is 5.96. The van der Waals surface area contributed by atoms with Gasteiger partial charge in [-0.25, -0.2) is 4.39 Å². The lowest BCUT2D eigenvalue weighted by atomic mass is 10.2. The zero-order valence-electron chi connectivity index (χ0n) is 8.79. The van der Waals surface area contributed by atoms with Gasteiger partial charge in [0.15, 0.2) is 0 Å². The van der Waals surface area contributed by atoms with Crippen molar-refractivity contribution in [1.29, 1.82) is 0 Å². The number of hydrogen-bond acceptors (Lipinski definition) is 2. The maximum Gasteiger partial charge on any atom is 0.127 e. The fourth-order valence-corrected chi connectivity index (χ4v) is 1.08. The van der Waals surface area contributed by atoms with Gasteiger partial charge in [0.1, 0.15) is 18.2 Å². The lowest BCUT2D eigenvalue weighted by molar-refractivity contribution is 0.279. The number of hydrogen-bond donors (Lipinski definition) is 1. The minimum Gasteiger partial charge on any atom is -0.489 e. The van der Waals surface area contributed by atoms with E-state index in [2.05, 4.69) is 6.58 Å². The third-order valence-corrected chi connectivity index (χ3v) is 2.06. The third kappa shape index (κ3) is 3.72. The van der Waals surface area contributed by atoms with Crippen LogP contribution in [0.4, 0.5) is 4.39 Å². The summed E-state index contributed by atoms with van der Waals surface area (Å²) in [5.74, 6) is 0.0207. The van der Waals surface area contributed by atoms with Crippen molar-refractivity contribution in [2.24, 2.45) is 0 Å². The van der Waals surface area contributed by atoms with E-state index in [1.165, 1.54) is 12.1 Å². The van der Waals surface area contributed by atoms with Crippen molar-refractivity contribution in [2.45, 2.75) is 20.0 Å². The van der Waals surface area contributed by atoms with Gasteiger partial charge in [0.05, 0.1) is 6.61 Å². The monoisotopic (exact) mass is 210 g/mol. The van der Waals surface area contributed by atoms with E-state index >= 15 is 0 Å². The standard InChI is InChI=1S/C12H15FO2/c1-3-9(2)8-15-12-5-10(7-14)4-11(13)6-12/h4-6,14H,2-3,7-8H2,1H3. The van der Waals surface area contributed by atoms with Crippen LogP contribution in [-0.4, -0.2) is 11.7 Å². The van der Waals surface area contributed by atoms with E-state index in [1.54, 1.807) is 6.07 Å². The number of aliphatic hydroxyl groups is 1. The molecule has 0 aromatic heterocycles. The molecule has 0 amide bonds. The molecule has 0 atom stereocenters. The Bertz CT molecular complexity index is 347. The van der Waals surface area contributed by atoms with Crippen molar-refractivity contribution in [3.63, 3.8) is 0 Å². The Morgan fingerprint density at radius 3 is 2.80 bits per heavy atom. The molecule has 0 aliphatic heterocycles. The Balaban J connectivity index is 2.68. The van der Waals surface area contributed by atoms with E-state index in [4.69, 9.17) is 9.84 Å². The summed E-state index contributed by atoms with van der Waals surface area (Å²) in [6, 6.07) is 4.19. The van der Waals surface area contributed by atoms with Crippen LogP contribution in [0, 0.1) is 5.82 Å². The van der Waals surface area contributed by atoms with Crippen molar-refractivity contribution >= 4 is 0 Å². The van der Waals surface area contributed by atoms with Gasteiger partial charge in [0, 0.05) is 6.07 Å². The van der Waals surface area contributed by atoms with Crippen LogP contribution in [-0.2, 0) is 6.61 Å². The minimum atomic E-state index is -0.404. The normalized spacial score (nSPS) is 10.1. The zero-order chi connectivity index (χ0) is 11.3. The van der Waals surface area contributed by atoms with Gasteiger partial charge in [0.2, 0.25) is 0 Å². The molecule has 1 rings (SSSR count). The second kappa shape index (κ2) is 5.51. The molecule has 0 heterocycles. The summed E-state index contributed by atoms with van der Waals surface area (Å²) in [4.78, 5) is 0. The van der Waals surface area contributed by atoms with E-state index < -0.39 is 5.82 Å². The third-order valence-electron chi connectivity index (χ3n) is 2.06. The first kappa shape index (κ1) is 11.7. The number of halogens is 1. The first-order valence-corrected chi connectivity index (χ1v) is 4.85. The average molecular weight is 210 g/mol. The summed E-state index contributed by atoms with van der Waals surface area (Å²) in [7, 11) is 0. The predicted molar refractivity (Wildman–Crippen MR) is 57.2 cm³/mol.